The summed E-state index contributed by atoms with van der Waals surface area (Å²) in [7, 11) is 0. The average Bonchev–Trinajstić information content (AvgIpc) is 2.21. The van der Waals surface area contributed by atoms with Crippen LogP contribution in [0.25, 0.3) is 0 Å². The van der Waals surface area contributed by atoms with Crippen LogP contribution in [0.4, 0.5) is 4.39 Å². The standard InChI is InChI=1S/C11H15FS2/c1-13-8-2-3-9-14-11-6-4-10(12)5-7-11/h4-7H,2-3,8-9H2,1H3. The second-order valence-electron chi connectivity index (χ2n) is 3.00. The first kappa shape index (κ1) is 11.9. The third kappa shape index (κ3) is 4.91. The fourth-order valence-corrected chi connectivity index (χ4v) is 2.47. The minimum absolute atomic E-state index is 0.156. The number of unbranched alkanes of at least 4 members (excludes halogenated alkanes) is 1. The second-order valence-corrected chi connectivity index (χ2v) is 5.16. The van der Waals surface area contributed by atoms with Gasteiger partial charge in [-0.25, -0.2) is 4.39 Å². The van der Waals surface area contributed by atoms with Gasteiger partial charge in [-0.2, -0.15) is 11.8 Å². The molecular formula is C11H15FS2. The molecule has 0 N–H and O–H groups in total. The van der Waals surface area contributed by atoms with E-state index in [9.17, 15) is 4.39 Å². The number of halogens is 1. The van der Waals surface area contributed by atoms with Gasteiger partial charge in [0, 0.05) is 4.90 Å². The van der Waals surface area contributed by atoms with Crippen molar-refractivity contribution in [3.8, 4) is 0 Å². The molecule has 0 unspecified atom stereocenters. The van der Waals surface area contributed by atoms with Crippen molar-refractivity contribution >= 4 is 23.5 Å². The van der Waals surface area contributed by atoms with Crippen LogP contribution in [0, 0.1) is 5.82 Å². The van der Waals surface area contributed by atoms with Crippen molar-refractivity contribution in [2.45, 2.75) is 17.7 Å². The Balaban J connectivity index is 2.15. The molecule has 3 heteroatoms. The predicted molar refractivity (Wildman–Crippen MR) is 64.7 cm³/mol. The minimum Gasteiger partial charge on any atom is -0.207 e. The summed E-state index contributed by atoms with van der Waals surface area (Å²) in [4.78, 5) is 1.16. The number of thioether (sulfide) groups is 2. The summed E-state index contributed by atoms with van der Waals surface area (Å²) in [6, 6.07) is 6.72. The van der Waals surface area contributed by atoms with Gasteiger partial charge < -0.3 is 0 Å². The average molecular weight is 230 g/mol. The molecule has 0 aliphatic heterocycles. The second kappa shape index (κ2) is 7.18. The van der Waals surface area contributed by atoms with Gasteiger partial charge in [0.15, 0.2) is 0 Å². The molecule has 0 saturated carbocycles. The lowest BCUT2D eigenvalue weighted by Crippen LogP contribution is -1.83. The molecule has 0 fully saturated rings. The SMILES string of the molecule is CSCCCCSc1ccc(F)cc1. The van der Waals surface area contributed by atoms with E-state index in [1.807, 2.05) is 23.9 Å². The van der Waals surface area contributed by atoms with Crippen LogP contribution in [-0.2, 0) is 0 Å². The smallest absolute Gasteiger partial charge is 0.123 e. The zero-order chi connectivity index (χ0) is 10.2. The summed E-state index contributed by atoms with van der Waals surface area (Å²) in [5.41, 5.74) is 0. The Kier molecular flexibility index (Phi) is 6.12. The first-order valence-electron chi connectivity index (χ1n) is 4.70. The van der Waals surface area contributed by atoms with Gasteiger partial charge in [-0.3, -0.25) is 0 Å². The van der Waals surface area contributed by atoms with Crippen LogP contribution >= 0.6 is 23.5 Å². The molecule has 0 atom stereocenters. The van der Waals surface area contributed by atoms with E-state index in [4.69, 9.17) is 0 Å². The molecule has 1 aromatic rings. The molecule has 1 rings (SSSR count). The maximum atomic E-state index is 12.6. The number of benzene rings is 1. The van der Waals surface area contributed by atoms with Crippen LogP contribution in [-0.4, -0.2) is 17.8 Å². The van der Waals surface area contributed by atoms with Crippen molar-refractivity contribution in [1.82, 2.24) is 0 Å². The Bertz CT molecular complexity index is 246. The van der Waals surface area contributed by atoms with E-state index in [1.54, 1.807) is 11.8 Å². The van der Waals surface area contributed by atoms with Crippen molar-refractivity contribution in [3.05, 3.63) is 30.1 Å². The van der Waals surface area contributed by atoms with E-state index in [0.717, 1.165) is 10.6 Å². The fraction of sp³-hybridized carbons (Fsp3) is 0.455. The Morgan fingerprint density at radius 1 is 1.07 bits per heavy atom. The highest BCUT2D eigenvalue weighted by atomic mass is 32.2. The molecule has 0 spiro atoms. The Morgan fingerprint density at radius 2 is 1.71 bits per heavy atom. The largest absolute Gasteiger partial charge is 0.207 e. The normalized spacial score (nSPS) is 10.4. The lowest BCUT2D eigenvalue weighted by Gasteiger charge is -2.00. The molecule has 0 aliphatic carbocycles. The molecule has 0 saturated heterocycles. The van der Waals surface area contributed by atoms with Gasteiger partial charge in [0.05, 0.1) is 0 Å². The maximum Gasteiger partial charge on any atom is 0.123 e. The molecule has 0 radical (unpaired) electrons. The molecule has 0 amide bonds. The minimum atomic E-state index is -0.156. The monoisotopic (exact) mass is 230 g/mol. The highest BCUT2D eigenvalue weighted by Crippen LogP contribution is 2.19. The zero-order valence-electron chi connectivity index (χ0n) is 8.33. The highest BCUT2D eigenvalue weighted by Gasteiger charge is 1.94. The quantitative estimate of drug-likeness (QED) is 0.534. The third-order valence-electron chi connectivity index (χ3n) is 1.83. The molecule has 0 bridgehead atoms. The summed E-state index contributed by atoms with van der Waals surface area (Å²) >= 11 is 3.69. The van der Waals surface area contributed by atoms with E-state index >= 15 is 0 Å². The van der Waals surface area contributed by atoms with Gasteiger partial charge in [0.25, 0.3) is 0 Å². The zero-order valence-corrected chi connectivity index (χ0v) is 9.97. The van der Waals surface area contributed by atoms with Gasteiger partial charge in [-0.1, -0.05) is 0 Å². The Morgan fingerprint density at radius 3 is 2.36 bits per heavy atom. The molecule has 0 nitrogen and oxygen atoms in total. The van der Waals surface area contributed by atoms with Crippen molar-refractivity contribution in [1.29, 1.82) is 0 Å². The lowest BCUT2D eigenvalue weighted by atomic mass is 10.3. The number of hydrogen-bond donors (Lipinski definition) is 0. The van der Waals surface area contributed by atoms with Crippen molar-refractivity contribution < 1.29 is 4.39 Å². The maximum absolute atomic E-state index is 12.6. The highest BCUT2D eigenvalue weighted by molar-refractivity contribution is 7.99. The van der Waals surface area contributed by atoms with Crippen LogP contribution in [0.2, 0.25) is 0 Å². The summed E-state index contributed by atoms with van der Waals surface area (Å²) in [6.45, 7) is 0. The van der Waals surface area contributed by atoms with Crippen LogP contribution in [0.5, 0.6) is 0 Å². The summed E-state index contributed by atoms with van der Waals surface area (Å²) < 4.78 is 12.6. The summed E-state index contributed by atoms with van der Waals surface area (Å²) in [5, 5.41) is 0. The third-order valence-corrected chi connectivity index (χ3v) is 3.62. The van der Waals surface area contributed by atoms with E-state index in [0.29, 0.717) is 0 Å². The van der Waals surface area contributed by atoms with Gasteiger partial charge in [0.2, 0.25) is 0 Å². The molecule has 1 aromatic carbocycles. The van der Waals surface area contributed by atoms with E-state index in [2.05, 4.69) is 6.26 Å². The van der Waals surface area contributed by atoms with Crippen molar-refractivity contribution in [2.75, 3.05) is 17.8 Å². The van der Waals surface area contributed by atoms with E-state index < -0.39 is 0 Å². The van der Waals surface area contributed by atoms with Crippen LogP contribution in [0.3, 0.4) is 0 Å². The Hall–Kier alpha value is -0.150. The predicted octanol–water partition coefficient (Wildman–Crippen LogP) is 4.06. The first-order chi connectivity index (χ1) is 6.83. The van der Waals surface area contributed by atoms with Crippen molar-refractivity contribution in [3.63, 3.8) is 0 Å². The van der Waals surface area contributed by atoms with Crippen LogP contribution in [0.15, 0.2) is 29.2 Å². The first-order valence-corrected chi connectivity index (χ1v) is 7.08. The fourth-order valence-electron chi connectivity index (χ4n) is 1.07. The molecule has 14 heavy (non-hydrogen) atoms. The molecule has 0 aromatic heterocycles. The van der Waals surface area contributed by atoms with Crippen LogP contribution in [0.1, 0.15) is 12.8 Å². The van der Waals surface area contributed by atoms with Crippen molar-refractivity contribution in [2.24, 2.45) is 0 Å². The molecule has 0 aliphatic rings. The lowest BCUT2D eigenvalue weighted by molar-refractivity contribution is 0.626. The molecular weight excluding hydrogens is 215 g/mol. The van der Waals surface area contributed by atoms with Gasteiger partial charge in [-0.05, 0) is 54.9 Å². The number of rotatable bonds is 6. The van der Waals surface area contributed by atoms with E-state index in [1.165, 1.54) is 30.7 Å². The topological polar surface area (TPSA) is 0 Å². The van der Waals surface area contributed by atoms with Gasteiger partial charge >= 0.3 is 0 Å². The number of hydrogen-bond acceptors (Lipinski definition) is 2. The van der Waals surface area contributed by atoms with E-state index in [-0.39, 0.29) is 5.82 Å². The Labute approximate surface area is 93.7 Å². The van der Waals surface area contributed by atoms with Gasteiger partial charge in [0.1, 0.15) is 5.82 Å². The van der Waals surface area contributed by atoms with Gasteiger partial charge in [-0.15, -0.1) is 11.8 Å². The van der Waals surface area contributed by atoms with Crippen LogP contribution < -0.4 is 0 Å². The summed E-state index contributed by atoms with van der Waals surface area (Å²) in [5.74, 6) is 2.22. The molecule has 0 heterocycles. The summed E-state index contributed by atoms with van der Waals surface area (Å²) in [6.07, 6.45) is 4.64. The molecule has 78 valence electrons.